The molecule has 1 unspecified atom stereocenters. The van der Waals surface area contributed by atoms with Crippen LogP contribution in [0.2, 0.25) is 0 Å². The number of amides is 1. The van der Waals surface area contributed by atoms with Gasteiger partial charge >= 0.3 is 0 Å². The van der Waals surface area contributed by atoms with E-state index in [1.807, 2.05) is 43.1 Å². The third-order valence-corrected chi connectivity index (χ3v) is 3.96. The first kappa shape index (κ1) is 19.7. The average Bonchev–Trinajstić information content (AvgIpc) is 2.63. The first-order valence-corrected chi connectivity index (χ1v) is 8.49. The Morgan fingerprint density at radius 2 is 1.81 bits per heavy atom. The highest BCUT2D eigenvalue weighted by atomic mass is 19.1. The second kappa shape index (κ2) is 9.77. The predicted molar refractivity (Wildman–Crippen MR) is 98.9 cm³/mol. The zero-order chi connectivity index (χ0) is 18.9. The van der Waals surface area contributed by atoms with Crippen molar-refractivity contribution in [3.05, 3.63) is 59.9 Å². The molecule has 2 aromatic rings. The molecule has 0 aliphatic carbocycles. The molecule has 2 aromatic carbocycles. The van der Waals surface area contributed by atoms with Gasteiger partial charge in [-0.05, 0) is 32.2 Å². The fraction of sp³-hybridized carbons (Fsp3) is 0.350. The number of carbonyl (C=O) groups is 1. The maximum Gasteiger partial charge on any atom is 0.234 e. The van der Waals surface area contributed by atoms with Gasteiger partial charge in [0, 0.05) is 12.1 Å². The number of ether oxygens (including phenoxy) is 2. The minimum Gasteiger partial charge on any atom is -0.496 e. The third kappa shape index (κ3) is 5.74. The number of carbonyl (C=O) groups excluding carboxylic acids is 1. The minimum absolute atomic E-state index is 0.100. The zero-order valence-corrected chi connectivity index (χ0v) is 15.4. The Morgan fingerprint density at radius 3 is 2.50 bits per heavy atom. The highest BCUT2D eigenvalue weighted by molar-refractivity contribution is 5.78. The molecule has 0 aliphatic heterocycles. The summed E-state index contributed by atoms with van der Waals surface area (Å²) in [7, 11) is 3.43. The second-order valence-corrected chi connectivity index (χ2v) is 6.05. The molecule has 1 N–H and O–H groups in total. The van der Waals surface area contributed by atoms with Gasteiger partial charge in [0.05, 0.1) is 19.7 Å². The van der Waals surface area contributed by atoms with Gasteiger partial charge < -0.3 is 14.8 Å². The summed E-state index contributed by atoms with van der Waals surface area (Å²) in [6.45, 7) is 2.94. The van der Waals surface area contributed by atoms with Crippen molar-refractivity contribution in [2.24, 2.45) is 0 Å². The number of halogens is 1. The molecule has 0 radical (unpaired) electrons. The van der Waals surface area contributed by atoms with Gasteiger partial charge in [-0.15, -0.1) is 0 Å². The summed E-state index contributed by atoms with van der Waals surface area (Å²) < 4.78 is 24.2. The monoisotopic (exact) mass is 360 g/mol. The summed E-state index contributed by atoms with van der Waals surface area (Å²) in [4.78, 5) is 14.1. The first-order chi connectivity index (χ1) is 12.5. The fourth-order valence-corrected chi connectivity index (χ4v) is 2.59. The number of rotatable bonds is 9. The normalized spacial score (nSPS) is 11.9. The molecule has 0 aromatic heterocycles. The molecule has 0 spiro atoms. The molecule has 2 rings (SSSR count). The lowest BCUT2D eigenvalue weighted by Gasteiger charge is -2.20. The largest absolute Gasteiger partial charge is 0.496 e. The molecule has 26 heavy (non-hydrogen) atoms. The Kier molecular flexibility index (Phi) is 7.41. The highest BCUT2D eigenvalue weighted by Gasteiger charge is 2.14. The van der Waals surface area contributed by atoms with E-state index in [1.165, 1.54) is 6.07 Å². The first-order valence-electron chi connectivity index (χ1n) is 8.49. The van der Waals surface area contributed by atoms with Gasteiger partial charge in [-0.25, -0.2) is 4.39 Å². The van der Waals surface area contributed by atoms with Crippen LogP contribution in [0.3, 0.4) is 0 Å². The van der Waals surface area contributed by atoms with E-state index in [0.717, 1.165) is 11.3 Å². The second-order valence-electron chi connectivity index (χ2n) is 6.05. The molecular weight excluding hydrogens is 335 g/mol. The van der Waals surface area contributed by atoms with E-state index in [1.54, 1.807) is 25.3 Å². The van der Waals surface area contributed by atoms with Crippen LogP contribution in [-0.2, 0) is 4.79 Å². The van der Waals surface area contributed by atoms with Crippen LogP contribution in [-0.4, -0.2) is 44.7 Å². The smallest absolute Gasteiger partial charge is 0.234 e. The van der Waals surface area contributed by atoms with Crippen molar-refractivity contribution in [2.45, 2.75) is 13.0 Å². The molecule has 5 nitrogen and oxygen atoms in total. The number of likely N-dealkylation sites (N-methyl/N-ethyl adjacent to an activating group) is 1. The molecule has 0 heterocycles. The summed E-state index contributed by atoms with van der Waals surface area (Å²) >= 11 is 0. The lowest BCUT2D eigenvalue weighted by molar-refractivity contribution is -0.122. The van der Waals surface area contributed by atoms with Crippen molar-refractivity contribution < 1.29 is 18.7 Å². The fourth-order valence-electron chi connectivity index (χ4n) is 2.59. The maximum atomic E-state index is 13.5. The van der Waals surface area contributed by atoms with Gasteiger partial charge in [-0.1, -0.05) is 30.3 Å². The van der Waals surface area contributed by atoms with Crippen LogP contribution in [0.4, 0.5) is 4.39 Å². The van der Waals surface area contributed by atoms with E-state index < -0.39 is 5.82 Å². The Balaban J connectivity index is 1.77. The van der Waals surface area contributed by atoms with E-state index in [4.69, 9.17) is 9.47 Å². The quantitative estimate of drug-likeness (QED) is 0.747. The lowest BCUT2D eigenvalue weighted by atomic mass is 10.1. The van der Waals surface area contributed by atoms with Gasteiger partial charge in [-0.3, -0.25) is 9.69 Å². The highest BCUT2D eigenvalue weighted by Crippen LogP contribution is 2.24. The minimum atomic E-state index is -0.390. The van der Waals surface area contributed by atoms with E-state index in [-0.39, 0.29) is 24.2 Å². The van der Waals surface area contributed by atoms with Crippen molar-refractivity contribution in [3.8, 4) is 11.5 Å². The summed E-state index contributed by atoms with van der Waals surface area (Å²) in [5.41, 5.74) is 0.925. The van der Waals surface area contributed by atoms with E-state index in [2.05, 4.69) is 5.32 Å². The number of hydrogen-bond acceptors (Lipinski definition) is 4. The topological polar surface area (TPSA) is 50.8 Å². The van der Waals surface area contributed by atoms with E-state index >= 15 is 0 Å². The lowest BCUT2D eigenvalue weighted by Crippen LogP contribution is -2.38. The van der Waals surface area contributed by atoms with E-state index in [0.29, 0.717) is 13.2 Å². The molecule has 0 saturated carbocycles. The van der Waals surface area contributed by atoms with Crippen LogP contribution in [0.25, 0.3) is 0 Å². The number of methoxy groups -OCH3 is 1. The summed E-state index contributed by atoms with van der Waals surface area (Å²) in [6.07, 6.45) is 0. The number of nitrogens with zero attached hydrogens (tertiary/aromatic N) is 1. The van der Waals surface area contributed by atoms with Crippen molar-refractivity contribution in [1.82, 2.24) is 10.2 Å². The Bertz CT molecular complexity index is 724. The Hall–Kier alpha value is -2.60. The van der Waals surface area contributed by atoms with Crippen LogP contribution < -0.4 is 14.8 Å². The molecule has 0 bridgehead atoms. The molecule has 0 fully saturated rings. The van der Waals surface area contributed by atoms with E-state index in [9.17, 15) is 9.18 Å². The molecular formula is C20H25FN2O3. The van der Waals surface area contributed by atoms with Crippen molar-refractivity contribution in [2.75, 3.05) is 33.9 Å². The standard InChI is InChI=1S/C20H25FN2O3/c1-15(16-8-4-6-10-18(16)25-3)22-20(24)14-23(2)12-13-26-19-11-7-5-9-17(19)21/h4-11,15H,12-14H2,1-3H3,(H,22,24). The van der Waals surface area contributed by atoms with Crippen LogP contribution in [0.5, 0.6) is 11.5 Å². The van der Waals surface area contributed by atoms with Gasteiger partial charge in [0.2, 0.25) is 5.91 Å². The van der Waals surface area contributed by atoms with Crippen molar-refractivity contribution in [3.63, 3.8) is 0 Å². The third-order valence-electron chi connectivity index (χ3n) is 3.96. The van der Waals surface area contributed by atoms with Crippen LogP contribution in [0, 0.1) is 5.82 Å². The van der Waals surface area contributed by atoms with Crippen LogP contribution >= 0.6 is 0 Å². The molecule has 1 amide bonds. The average molecular weight is 360 g/mol. The number of benzene rings is 2. The molecule has 0 aliphatic rings. The maximum absolute atomic E-state index is 13.5. The summed E-state index contributed by atoms with van der Waals surface area (Å²) in [5, 5.41) is 2.96. The summed E-state index contributed by atoms with van der Waals surface area (Å²) in [5.74, 6) is 0.470. The summed E-state index contributed by atoms with van der Waals surface area (Å²) in [6, 6.07) is 13.7. The molecule has 6 heteroatoms. The number of nitrogens with one attached hydrogen (secondary N) is 1. The van der Waals surface area contributed by atoms with Crippen molar-refractivity contribution >= 4 is 5.91 Å². The zero-order valence-electron chi connectivity index (χ0n) is 15.4. The van der Waals surface area contributed by atoms with Crippen molar-refractivity contribution in [1.29, 1.82) is 0 Å². The Labute approximate surface area is 153 Å². The molecule has 0 saturated heterocycles. The SMILES string of the molecule is COc1ccccc1C(C)NC(=O)CN(C)CCOc1ccccc1F. The van der Waals surface area contributed by atoms with Gasteiger partial charge in [-0.2, -0.15) is 0 Å². The number of hydrogen-bond donors (Lipinski definition) is 1. The van der Waals surface area contributed by atoms with Crippen LogP contribution in [0.15, 0.2) is 48.5 Å². The predicted octanol–water partition coefficient (Wildman–Crippen LogP) is 3.02. The van der Waals surface area contributed by atoms with Gasteiger partial charge in [0.1, 0.15) is 12.4 Å². The van der Waals surface area contributed by atoms with Crippen LogP contribution in [0.1, 0.15) is 18.5 Å². The van der Waals surface area contributed by atoms with Gasteiger partial charge in [0.25, 0.3) is 0 Å². The number of para-hydroxylation sites is 2. The molecule has 140 valence electrons. The van der Waals surface area contributed by atoms with Gasteiger partial charge in [0.15, 0.2) is 11.6 Å². The molecule has 1 atom stereocenters. The Morgan fingerprint density at radius 1 is 1.15 bits per heavy atom.